The zero-order valence-electron chi connectivity index (χ0n) is 17.2. The summed E-state index contributed by atoms with van der Waals surface area (Å²) >= 11 is 18.2. The van der Waals surface area contributed by atoms with Crippen LogP contribution in [0.1, 0.15) is 11.1 Å². The third kappa shape index (κ3) is 5.22. The summed E-state index contributed by atoms with van der Waals surface area (Å²) in [6, 6.07) is 16.6. The molecule has 0 radical (unpaired) electrons. The first-order chi connectivity index (χ1) is 15.8. The number of ether oxygens (including phenoxy) is 1. The van der Waals surface area contributed by atoms with Gasteiger partial charge in [0.15, 0.2) is 6.61 Å². The molecule has 0 atom stereocenters. The Bertz CT molecular complexity index is 1310. The molecule has 0 bridgehead atoms. The van der Waals surface area contributed by atoms with E-state index in [1.54, 1.807) is 24.3 Å². The van der Waals surface area contributed by atoms with Crippen molar-refractivity contribution in [3.05, 3.63) is 86.9 Å². The van der Waals surface area contributed by atoms with Crippen molar-refractivity contribution in [3.63, 3.8) is 0 Å². The molecule has 4 rings (SSSR count). The van der Waals surface area contributed by atoms with Gasteiger partial charge in [-0.05, 0) is 53.9 Å². The lowest BCUT2D eigenvalue weighted by atomic mass is 10.2. The van der Waals surface area contributed by atoms with E-state index in [9.17, 15) is 13.2 Å². The Morgan fingerprint density at radius 1 is 1.00 bits per heavy atom. The minimum Gasteiger partial charge on any atom is -0.482 e. The van der Waals surface area contributed by atoms with Crippen molar-refractivity contribution in [3.8, 4) is 5.75 Å². The van der Waals surface area contributed by atoms with Gasteiger partial charge >= 0.3 is 0 Å². The molecule has 0 aliphatic carbocycles. The summed E-state index contributed by atoms with van der Waals surface area (Å²) in [5.74, 6) is -0.181. The van der Waals surface area contributed by atoms with Gasteiger partial charge in [0, 0.05) is 23.1 Å². The molecule has 3 aromatic carbocycles. The van der Waals surface area contributed by atoms with E-state index in [2.05, 4.69) is 5.32 Å². The number of fused-ring (bicyclic) bond motifs is 1. The highest BCUT2D eigenvalue weighted by molar-refractivity contribution is 7.92. The normalized spacial score (nSPS) is 13.0. The third-order valence-electron chi connectivity index (χ3n) is 5.19. The molecule has 0 saturated carbocycles. The van der Waals surface area contributed by atoms with Crippen LogP contribution in [-0.2, 0) is 27.8 Å². The Morgan fingerprint density at radius 3 is 2.55 bits per heavy atom. The maximum Gasteiger partial charge on any atom is 0.264 e. The van der Waals surface area contributed by atoms with Gasteiger partial charge in [0.05, 0.1) is 15.6 Å². The van der Waals surface area contributed by atoms with E-state index in [4.69, 9.17) is 39.5 Å². The molecule has 0 fully saturated rings. The van der Waals surface area contributed by atoms with E-state index < -0.39 is 10.0 Å². The molecular weight excluding hydrogens is 507 g/mol. The lowest BCUT2D eigenvalue weighted by Crippen LogP contribution is -2.29. The van der Waals surface area contributed by atoms with Gasteiger partial charge in [-0.25, -0.2) is 8.42 Å². The SMILES string of the molecule is O=C(COc1ccc(S(=O)(=O)N2CCc3ccccc32)cc1Cl)NCc1ccc(Cl)cc1Cl. The first-order valence-electron chi connectivity index (χ1n) is 9.99. The molecule has 33 heavy (non-hydrogen) atoms. The number of nitrogens with zero attached hydrogens (tertiary/aromatic N) is 1. The van der Waals surface area contributed by atoms with Gasteiger partial charge in [-0.2, -0.15) is 0 Å². The summed E-state index contributed by atoms with van der Waals surface area (Å²) < 4.78 is 33.1. The van der Waals surface area contributed by atoms with E-state index in [1.165, 1.54) is 22.5 Å². The lowest BCUT2D eigenvalue weighted by molar-refractivity contribution is -0.123. The van der Waals surface area contributed by atoms with Crippen LogP contribution in [0.2, 0.25) is 15.1 Å². The number of amides is 1. The summed E-state index contributed by atoms with van der Waals surface area (Å²) in [7, 11) is -3.78. The molecule has 1 amide bonds. The molecule has 6 nitrogen and oxygen atoms in total. The van der Waals surface area contributed by atoms with Gasteiger partial charge in [-0.15, -0.1) is 0 Å². The zero-order valence-corrected chi connectivity index (χ0v) is 20.3. The van der Waals surface area contributed by atoms with Crippen LogP contribution in [0.4, 0.5) is 5.69 Å². The quantitative estimate of drug-likeness (QED) is 0.466. The monoisotopic (exact) mass is 524 g/mol. The Morgan fingerprint density at radius 2 is 1.79 bits per heavy atom. The number of nitrogens with one attached hydrogen (secondary N) is 1. The molecule has 1 aliphatic rings. The number of sulfonamides is 1. The molecule has 10 heteroatoms. The van der Waals surface area contributed by atoms with Crippen LogP contribution >= 0.6 is 34.8 Å². The van der Waals surface area contributed by atoms with Gasteiger partial charge in [0.2, 0.25) is 0 Å². The minimum absolute atomic E-state index is 0.0541. The predicted molar refractivity (Wildman–Crippen MR) is 130 cm³/mol. The van der Waals surface area contributed by atoms with Gasteiger partial charge in [0.25, 0.3) is 15.9 Å². The van der Waals surface area contributed by atoms with E-state index >= 15 is 0 Å². The maximum absolute atomic E-state index is 13.1. The summed E-state index contributed by atoms with van der Waals surface area (Å²) in [5.41, 5.74) is 2.37. The topological polar surface area (TPSA) is 75.7 Å². The van der Waals surface area contributed by atoms with Crippen molar-refractivity contribution >= 4 is 56.4 Å². The number of halogens is 3. The number of anilines is 1. The van der Waals surface area contributed by atoms with E-state index in [0.29, 0.717) is 34.3 Å². The van der Waals surface area contributed by atoms with Crippen molar-refractivity contribution in [1.82, 2.24) is 5.32 Å². The lowest BCUT2D eigenvalue weighted by Gasteiger charge is -2.20. The van der Waals surface area contributed by atoms with Crippen molar-refractivity contribution in [1.29, 1.82) is 0 Å². The van der Waals surface area contributed by atoms with Crippen LogP contribution in [0, 0.1) is 0 Å². The summed E-state index contributed by atoms with van der Waals surface area (Å²) in [5, 5.41) is 3.74. The van der Waals surface area contributed by atoms with Gasteiger partial charge in [-0.3, -0.25) is 9.10 Å². The second-order valence-corrected chi connectivity index (χ2v) is 10.5. The third-order valence-corrected chi connectivity index (χ3v) is 7.88. The fraction of sp³-hybridized carbons (Fsp3) is 0.174. The minimum atomic E-state index is -3.78. The Labute approximate surface area is 207 Å². The largest absolute Gasteiger partial charge is 0.482 e. The molecule has 1 heterocycles. The summed E-state index contributed by atoms with van der Waals surface area (Å²) in [6.07, 6.45) is 0.653. The zero-order chi connectivity index (χ0) is 23.6. The van der Waals surface area contributed by atoms with Gasteiger partial charge in [-0.1, -0.05) is 59.1 Å². The molecule has 172 valence electrons. The van der Waals surface area contributed by atoms with Crippen molar-refractivity contribution in [2.24, 2.45) is 0 Å². The molecule has 0 spiro atoms. The van der Waals surface area contributed by atoms with Crippen LogP contribution in [0.3, 0.4) is 0 Å². The average molecular weight is 526 g/mol. The number of hydrogen-bond donors (Lipinski definition) is 1. The second-order valence-electron chi connectivity index (χ2n) is 7.35. The summed E-state index contributed by atoms with van der Waals surface area (Å²) in [6.45, 7) is 0.284. The first-order valence-corrected chi connectivity index (χ1v) is 12.6. The Balaban J connectivity index is 1.39. The fourth-order valence-corrected chi connectivity index (χ4v) is 5.80. The average Bonchev–Trinajstić information content (AvgIpc) is 3.22. The smallest absolute Gasteiger partial charge is 0.264 e. The van der Waals surface area contributed by atoms with Gasteiger partial charge in [0.1, 0.15) is 5.75 Å². The first kappa shape index (κ1) is 23.7. The standard InChI is InChI=1S/C23H19Cl3N2O4S/c24-17-6-5-16(19(25)11-17)13-27-23(29)14-32-22-8-7-18(12-20(22)26)33(30,31)28-10-9-15-3-1-2-4-21(15)28/h1-8,11-12H,9-10,13-14H2,(H,27,29). The predicted octanol–water partition coefficient (Wildman–Crippen LogP) is 5.09. The Kier molecular flexibility index (Phi) is 7.05. The fourth-order valence-electron chi connectivity index (χ4n) is 3.50. The Hall–Kier alpha value is -2.45. The molecule has 0 aromatic heterocycles. The number of para-hydroxylation sites is 1. The van der Waals surface area contributed by atoms with Crippen molar-refractivity contribution in [2.75, 3.05) is 17.5 Å². The highest BCUT2D eigenvalue weighted by atomic mass is 35.5. The van der Waals surface area contributed by atoms with E-state index in [1.807, 2.05) is 18.2 Å². The molecular formula is C23H19Cl3N2O4S. The highest BCUT2D eigenvalue weighted by Crippen LogP contribution is 2.35. The van der Waals surface area contributed by atoms with Crippen LogP contribution in [0.5, 0.6) is 5.75 Å². The number of carbonyl (C=O) groups is 1. The number of hydrogen-bond acceptors (Lipinski definition) is 4. The molecule has 1 N–H and O–H groups in total. The second kappa shape index (κ2) is 9.81. The van der Waals surface area contributed by atoms with Crippen LogP contribution < -0.4 is 14.4 Å². The number of carbonyl (C=O) groups excluding carboxylic acids is 1. The molecule has 1 aliphatic heterocycles. The number of rotatable bonds is 7. The summed E-state index contributed by atoms with van der Waals surface area (Å²) in [4.78, 5) is 12.2. The van der Waals surface area contributed by atoms with Crippen LogP contribution in [0.25, 0.3) is 0 Å². The van der Waals surface area contributed by atoms with Crippen LogP contribution in [-0.4, -0.2) is 27.5 Å². The van der Waals surface area contributed by atoms with E-state index in [0.717, 1.165) is 5.56 Å². The van der Waals surface area contributed by atoms with Gasteiger partial charge < -0.3 is 10.1 Å². The molecule has 0 unspecified atom stereocenters. The van der Waals surface area contributed by atoms with Crippen molar-refractivity contribution < 1.29 is 17.9 Å². The molecule has 0 saturated heterocycles. The van der Waals surface area contributed by atoms with E-state index in [-0.39, 0.29) is 34.7 Å². The highest BCUT2D eigenvalue weighted by Gasteiger charge is 2.31. The number of benzene rings is 3. The molecule has 3 aromatic rings. The van der Waals surface area contributed by atoms with Crippen molar-refractivity contribution in [2.45, 2.75) is 17.9 Å². The maximum atomic E-state index is 13.1. The van der Waals surface area contributed by atoms with Crippen LogP contribution in [0.15, 0.2) is 65.6 Å².